The van der Waals surface area contributed by atoms with Gasteiger partial charge in [-0.3, -0.25) is 5.10 Å². The molecule has 1 aromatic heterocycles. The molecule has 0 bridgehead atoms. The zero-order valence-electron chi connectivity index (χ0n) is 12.7. The van der Waals surface area contributed by atoms with Crippen molar-refractivity contribution in [1.82, 2.24) is 25.0 Å². The molecule has 2 rings (SSSR count). The second kappa shape index (κ2) is 7.96. The number of rotatable bonds is 3. The van der Waals surface area contributed by atoms with E-state index in [9.17, 15) is 0 Å². The van der Waals surface area contributed by atoms with Crippen molar-refractivity contribution in [1.29, 1.82) is 0 Å². The van der Waals surface area contributed by atoms with E-state index in [-0.39, 0.29) is 24.0 Å². The minimum absolute atomic E-state index is 0. The number of nitrogens with one attached hydrogen (secondary N) is 1. The van der Waals surface area contributed by atoms with Crippen molar-refractivity contribution in [3.63, 3.8) is 0 Å². The van der Waals surface area contributed by atoms with Crippen molar-refractivity contribution >= 4 is 29.9 Å². The molecule has 1 N–H and O–H groups in total. The number of aromatic nitrogens is 3. The lowest BCUT2D eigenvalue weighted by molar-refractivity contribution is 0.479. The number of aromatic amines is 1. The number of benzene rings is 1. The van der Waals surface area contributed by atoms with Gasteiger partial charge in [0.2, 0.25) is 0 Å². The number of halogens is 1. The van der Waals surface area contributed by atoms with Gasteiger partial charge in [0.25, 0.3) is 0 Å². The fourth-order valence-corrected chi connectivity index (χ4v) is 2.01. The zero-order chi connectivity index (χ0) is 14.5. The van der Waals surface area contributed by atoms with E-state index in [0.717, 1.165) is 22.9 Å². The van der Waals surface area contributed by atoms with Crippen LogP contribution in [0, 0.1) is 0 Å². The van der Waals surface area contributed by atoms with Crippen LogP contribution < -0.4 is 0 Å². The van der Waals surface area contributed by atoms with Crippen molar-refractivity contribution in [2.75, 3.05) is 28.2 Å². The summed E-state index contributed by atoms with van der Waals surface area (Å²) in [6, 6.07) is 8.15. The van der Waals surface area contributed by atoms with Gasteiger partial charge in [-0.15, -0.1) is 24.0 Å². The predicted molar refractivity (Wildman–Crippen MR) is 95.7 cm³/mol. The van der Waals surface area contributed by atoms with Crippen molar-refractivity contribution in [2.24, 2.45) is 4.99 Å². The summed E-state index contributed by atoms with van der Waals surface area (Å²) in [5.74, 6) is 1.71. The Morgan fingerprint density at radius 2 is 1.90 bits per heavy atom. The fraction of sp³-hybridized carbons (Fsp3) is 0.357. The van der Waals surface area contributed by atoms with E-state index in [2.05, 4.69) is 32.3 Å². The van der Waals surface area contributed by atoms with Gasteiger partial charge in [-0.2, -0.15) is 5.10 Å². The number of guanidine groups is 1. The summed E-state index contributed by atoms with van der Waals surface area (Å²) in [4.78, 5) is 12.8. The van der Waals surface area contributed by atoms with E-state index in [0.29, 0.717) is 6.54 Å². The summed E-state index contributed by atoms with van der Waals surface area (Å²) < 4.78 is 0. The van der Waals surface area contributed by atoms with Gasteiger partial charge in [-0.25, -0.2) is 9.98 Å². The summed E-state index contributed by atoms with van der Waals surface area (Å²) in [5, 5.41) is 6.74. The quantitative estimate of drug-likeness (QED) is 0.487. The van der Waals surface area contributed by atoms with Gasteiger partial charge in [-0.05, 0) is 11.6 Å². The van der Waals surface area contributed by atoms with Gasteiger partial charge in [-0.1, -0.05) is 18.2 Å². The number of H-pyrrole nitrogens is 1. The third kappa shape index (κ3) is 4.69. The first-order chi connectivity index (χ1) is 9.58. The molecule has 2 aromatic rings. The summed E-state index contributed by atoms with van der Waals surface area (Å²) in [5.41, 5.74) is 2.16. The SMILES string of the molecule is CN(C)C(=NCc1cccc(-c2ncn[nH]2)c1)N(C)C.I. The van der Waals surface area contributed by atoms with Gasteiger partial charge in [0, 0.05) is 33.8 Å². The third-order valence-corrected chi connectivity index (χ3v) is 2.82. The molecule has 0 aliphatic heterocycles. The van der Waals surface area contributed by atoms with Crippen LogP contribution in [0.4, 0.5) is 0 Å². The smallest absolute Gasteiger partial charge is 0.195 e. The van der Waals surface area contributed by atoms with Crippen molar-refractivity contribution in [3.8, 4) is 11.4 Å². The van der Waals surface area contributed by atoms with Crippen LogP contribution in [0.25, 0.3) is 11.4 Å². The number of aliphatic imine (C=N–C) groups is 1. The van der Waals surface area contributed by atoms with Crippen LogP contribution in [0.15, 0.2) is 35.6 Å². The summed E-state index contributed by atoms with van der Waals surface area (Å²) in [7, 11) is 7.96. The number of nitrogens with zero attached hydrogens (tertiary/aromatic N) is 5. The number of hydrogen-bond acceptors (Lipinski definition) is 3. The van der Waals surface area contributed by atoms with E-state index < -0.39 is 0 Å². The monoisotopic (exact) mass is 400 g/mol. The van der Waals surface area contributed by atoms with E-state index in [4.69, 9.17) is 0 Å². The van der Waals surface area contributed by atoms with Gasteiger partial charge in [0.1, 0.15) is 6.33 Å². The first-order valence-electron chi connectivity index (χ1n) is 6.41. The Bertz CT molecular complexity index is 567. The van der Waals surface area contributed by atoms with Crippen LogP contribution in [0.1, 0.15) is 5.56 Å². The van der Waals surface area contributed by atoms with E-state index in [1.54, 1.807) is 0 Å². The molecule has 21 heavy (non-hydrogen) atoms. The third-order valence-electron chi connectivity index (χ3n) is 2.82. The molecular formula is C14H21IN6. The van der Waals surface area contributed by atoms with Gasteiger partial charge in [0.05, 0.1) is 6.54 Å². The summed E-state index contributed by atoms with van der Waals surface area (Å²) in [6.45, 7) is 0.633. The Morgan fingerprint density at radius 3 is 2.48 bits per heavy atom. The lowest BCUT2D eigenvalue weighted by Crippen LogP contribution is -2.35. The average Bonchev–Trinajstić information content (AvgIpc) is 2.92. The molecule has 0 aliphatic carbocycles. The second-order valence-corrected chi connectivity index (χ2v) is 4.94. The minimum Gasteiger partial charge on any atom is -0.349 e. The first kappa shape index (κ1) is 17.4. The molecule has 1 heterocycles. The van der Waals surface area contributed by atoms with Crippen LogP contribution in [-0.2, 0) is 6.54 Å². The molecule has 0 amide bonds. The van der Waals surface area contributed by atoms with E-state index in [1.807, 2.05) is 50.1 Å². The van der Waals surface area contributed by atoms with Crippen LogP contribution >= 0.6 is 24.0 Å². The van der Waals surface area contributed by atoms with Gasteiger partial charge >= 0.3 is 0 Å². The highest BCUT2D eigenvalue weighted by Crippen LogP contribution is 2.16. The molecule has 0 unspecified atom stereocenters. The van der Waals surface area contributed by atoms with Crippen molar-refractivity contribution in [3.05, 3.63) is 36.2 Å². The van der Waals surface area contributed by atoms with Crippen molar-refractivity contribution < 1.29 is 0 Å². The molecule has 0 atom stereocenters. The molecule has 6 nitrogen and oxygen atoms in total. The lowest BCUT2D eigenvalue weighted by atomic mass is 10.1. The maximum absolute atomic E-state index is 4.64. The first-order valence-corrected chi connectivity index (χ1v) is 6.41. The highest BCUT2D eigenvalue weighted by Gasteiger charge is 2.05. The topological polar surface area (TPSA) is 60.4 Å². The van der Waals surface area contributed by atoms with E-state index in [1.165, 1.54) is 6.33 Å². The molecule has 0 saturated heterocycles. The molecular weight excluding hydrogens is 379 g/mol. The van der Waals surface area contributed by atoms with Crippen molar-refractivity contribution in [2.45, 2.75) is 6.54 Å². The predicted octanol–water partition coefficient (Wildman–Crippen LogP) is 2.07. The highest BCUT2D eigenvalue weighted by atomic mass is 127. The maximum Gasteiger partial charge on any atom is 0.195 e. The normalized spacial score (nSPS) is 9.71. The second-order valence-electron chi connectivity index (χ2n) is 4.94. The zero-order valence-corrected chi connectivity index (χ0v) is 15.1. The van der Waals surface area contributed by atoms with Crippen LogP contribution in [0.2, 0.25) is 0 Å². The Hall–Kier alpha value is -1.64. The van der Waals surface area contributed by atoms with Crippen LogP contribution in [-0.4, -0.2) is 59.1 Å². The Balaban J connectivity index is 0.00000220. The number of hydrogen-bond donors (Lipinski definition) is 1. The fourth-order valence-electron chi connectivity index (χ4n) is 2.01. The molecule has 1 aromatic carbocycles. The lowest BCUT2D eigenvalue weighted by Gasteiger charge is -2.22. The van der Waals surface area contributed by atoms with Gasteiger partial charge < -0.3 is 9.80 Å². The minimum atomic E-state index is 0. The van der Waals surface area contributed by atoms with Gasteiger partial charge in [0.15, 0.2) is 11.8 Å². The molecule has 0 spiro atoms. The summed E-state index contributed by atoms with van der Waals surface area (Å²) in [6.07, 6.45) is 1.51. The largest absolute Gasteiger partial charge is 0.349 e. The van der Waals surface area contributed by atoms with E-state index >= 15 is 0 Å². The molecule has 0 saturated carbocycles. The maximum atomic E-state index is 4.64. The Morgan fingerprint density at radius 1 is 1.19 bits per heavy atom. The Labute approximate surface area is 142 Å². The van der Waals surface area contributed by atoms with Crippen LogP contribution in [0.3, 0.4) is 0 Å². The molecule has 0 aliphatic rings. The molecule has 0 radical (unpaired) electrons. The average molecular weight is 400 g/mol. The summed E-state index contributed by atoms with van der Waals surface area (Å²) >= 11 is 0. The highest BCUT2D eigenvalue weighted by molar-refractivity contribution is 14.0. The standard InChI is InChI=1S/C14H20N6.HI/c1-19(2)14(20(3)4)15-9-11-6-5-7-12(8-11)13-16-10-17-18-13;/h5-8,10H,9H2,1-4H3,(H,16,17,18);1H. The van der Waals surface area contributed by atoms with Crippen LogP contribution in [0.5, 0.6) is 0 Å². The molecule has 0 fully saturated rings. The molecule has 114 valence electrons. The molecule has 7 heteroatoms. The Kier molecular flexibility index (Phi) is 6.60.